The summed E-state index contributed by atoms with van der Waals surface area (Å²) < 4.78 is 6.58. The molecule has 0 atom stereocenters. The molecule has 0 aliphatic carbocycles. The van der Waals surface area contributed by atoms with Crippen LogP contribution < -0.4 is 4.74 Å². The molecular weight excluding hydrogens is 608 g/mol. The van der Waals surface area contributed by atoms with Crippen molar-refractivity contribution < 1.29 is 14.5 Å². The first kappa shape index (κ1) is 27.9. The Kier molecular flexibility index (Phi) is 9.26. The van der Waals surface area contributed by atoms with Crippen LogP contribution >= 0.6 is 81.2 Å². The summed E-state index contributed by atoms with van der Waals surface area (Å²) in [4.78, 5) is 23.7. The number of nitro groups is 1. The van der Waals surface area contributed by atoms with E-state index in [1.807, 2.05) is 0 Å². The van der Waals surface area contributed by atoms with E-state index >= 15 is 0 Å². The standard InChI is InChI=1S/C20H13Cl7N4O4/c1-29(20(32)11-3-2-9(21)6-12(11)23)4-5-35-19-17(31(33)34)16(18(26)27)30(28-19)15-13(24)7-10(22)8-14(15)25/h2-3,6-8,18H,4-5H2,1H3. The number of halogens is 7. The maximum Gasteiger partial charge on any atom is 0.356 e. The van der Waals surface area contributed by atoms with Crippen LogP contribution in [0.1, 0.15) is 20.9 Å². The predicted molar refractivity (Wildman–Crippen MR) is 139 cm³/mol. The van der Waals surface area contributed by atoms with E-state index in [1.54, 1.807) is 0 Å². The summed E-state index contributed by atoms with van der Waals surface area (Å²) in [6.07, 6.45) is 0. The lowest BCUT2D eigenvalue weighted by molar-refractivity contribution is -0.386. The molecule has 186 valence electrons. The van der Waals surface area contributed by atoms with Gasteiger partial charge < -0.3 is 9.64 Å². The molecule has 3 aromatic rings. The molecule has 0 aliphatic rings. The number of likely N-dealkylation sites (N-methyl/N-ethyl adjacent to an activating group) is 1. The molecule has 0 N–H and O–H groups in total. The van der Waals surface area contributed by atoms with Crippen molar-refractivity contribution in [2.45, 2.75) is 4.84 Å². The minimum atomic E-state index is -1.39. The zero-order valence-electron chi connectivity index (χ0n) is 17.4. The Morgan fingerprint density at radius 1 is 1.09 bits per heavy atom. The van der Waals surface area contributed by atoms with Gasteiger partial charge in [-0.2, -0.15) is 0 Å². The number of aromatic nitrogens is 2. The van der Waals surface area contributed by atoms with Gasteiger partial charge >= 0.3 is 11.6 Å². The first-order valence-electron chi connectivity index (χ1n) is 9.46. The van der Waals surface area contributed by atoms with E-state index in [1.165, 1.54) is 42.3 Å². The fourth-order valence-corrected chi connectivity index (χ4v) is 4.88. The molecular formula is C20H13Cl7N4O4. The molecule has 35 heavy (non-hydrogen) atoms. The number of carbonyl (C=O) groups is 1. The number of nitrogens with zero attached hydrogens (tertiary/aromatic N) is 4. The second kappa shape index (κ2) is 11.6. The Labute approximate surface area is 234 Å². The summed E-state index contributed by atoms with van der Waals surface area (Å²) in [5, 5.41) is 16.9. The van der Waals surface area contributed by atoms with Gasteiger partial charge in [-0.3, -0.25) is 14.9 Å². The number of benzene rings is 2. The van der Waals surface area contributed by atoms with Gasteiger partial charge in [0.25, 0.3) is 5.91 Å². The monoisotopic (exact) mass is 618 g/mol. The second-order valence-electron chi connectivity index (χ2n) is 6.93. The maximum atomic E-state index is 12.7. The molecule has 0 spiro atoms. The van der Waals surface area contributed by atoms with E-state index in [2.05, 4.69) is 5.10 Å². The lowest BCUT2D eigenvalue weighted by atomic mass is 10.2. The van der Waals surface area contributed by atoms with Gasteiger partial charge in [0.1, 0.15) is 12.3 Å². The van der Waals surface area contributed by atoms with Crippen LogP contribution in [0.2, 0.25) is 25.1 Å². The van der Waals surface area contributed by atoms with Crippen molar-refractivity contribution in [1.82, 2.24) is 14.7 Å². The Balaban J connectivity index is 1.89. The third kappa shape index (κ3) is 6.20. The van der Waals surface area contributed by atoms with Crippen LogP contribution in [0, 0.1) is 10.1 Å². The third-order valence-corrected chi connectivity index (χ3v) is 6.38. The number of hydrogen-bond acceptors (Lipinski definition) is 5. The molecule has 3 rings (SSSR count). The molecule has 0 saturated carbocycles. The average molecular weight is 622 g/mol. The average Bonchev–Trinajstić information content (AvgIpc) is 3.12. The maximum absolute atomic E-state index is 12.7. The van der Waals surface area contributed by atoms with Crippen molar-refractivity contribution in [3.8, 4) is 11.6 Å². The van der Waals surface area contributed by atoms with Gasteiger partial charge in [-0.05, 0) is 30.3 Å². The number of hydrogen-bond donors (Lipinski definition) is 0. The molecule has 0 fully saturated rings. The van der Waals surface area contributed by atoms with Crippen molar-refractivity contribution in [2.75, 3.05) is 20.2 Å². The summed E-state index contributed by atoms with van der Waals surface area (Å²) in [6.45, 7) is -0.132. The van der Waals surface area contributed by atoms with Gasteiger partial charge in [-0.15, -0.1) is 5.10 Å². The normalized spacial score (nSPS) is 11.1. The van der Waals surface area contributed by atoms with Crippen LogP contribution in [0.3, 0.4) is 0 Å². The van der Waals surface area contributed by atoms with Gasteiger partial charge in [-0.25, -0.2) is 4.68 Å². The summed E-state index contributed by atoms with van der Waals surface area (Å²) in [7, 11) is 1.51. The molecule has 1 aromatic heterocycles. The highest BCUT2D eigenvalue weighted by Gasteiger charge is 2.35. The van der Waals surface area contributed by atoms with Crippen molar-refractivity contribution in [3.63, 3.8) is 0 Å². The van der Waals surface area contributed by atoms with Gasteiger partial charge in [0.2, 0.25) is 0 Å². The fraction of sp³-hybridized carbons (Fsp3) is 0.200. The lowest BCUT2D eigenvalue weighted by Crippen LogP contribution is -2.31. The van der Waals surface area contributed by atoms with Gasteiger partial charge in [0.15, 0.2) is 10.5 Å². The highest BCUT2D eigenvalue weighted by Crippen LogP contribution is 2.43. The van der Waals surface area contributed by atoms with Gasteiger partial charge in [0, 0.05) is 17.1 Å². The van der Waals surface area contributed by atoms with E-state index in [9.17, 15) is 14.9 Å². The smallest absolute Gasteiger partial charge is 0.356 e. The predicted octanol–water partition coefficient (Wildman–Crippen LogP) is 7.67. The summed E-state index contributed by atoms with van der Waals surface area (Å²) in [6, 6.07) is 7.22. The quantitative estimate of drug-likeness (QED) is 0.146. The van der Waals surface area contributed by atoms with Crippen molar-refractivity contribution in [2.24, 2.45) is 0 Å². The van der Waals surface area contributed by atoms with E-state index in [0.717, 1.165) is 4.68 Å². The third-order valence-electron chi connectivity index (χ3n) is 4.62. The highest BCUT2D eigenvalue weighted by molar-refractivity contribution is 6.44. The second-order valence-corrected chi connectivity index (χ2v) is 10.1. The molecule has 0 aliphatic heterocycles. The van der Waals surface area contributed by atoms with Crippen molar-refractivity contribution >= 4 is 92.8 Å². The minimum absolute atomic E-state index is 0.0325. The highest BCUT2D eigenvalue weighted by atomic mass is 35.5. The van der Waals surface area contributed by atoms with Crippen LogP contribution in [0.5, 0.6) is 5.88 Å². The van der Waals surface area contributed by atoms with Gasteiger partial charge in [-0.1, -0.05) is 81.2 Å². The van der Waals surface area contributed by atoms with E-state index < -0.39 is 27.2 Å². The number of amides is 1. The molecule has 8 nitrogen and oxygen atoms in total. The molecule has 0 radical (unpaired) electrons. The van der Waals surface area contributed by atoms with Gasteiger partial charge in [0.05, 0.1) is 32.1 Å². The summed E-state index contributed by atoms with van der Waals surface area (Å²) >= 11 is 42.5. The van der Waals surface area contributed by atoms with Crippen LogP contribution in [0.15, 0.2) is 30.3 Å². The van der Waals surface area contributed by atoms with Crippen LogP contribution in [-0.4, -0.2) is 45.7 Å². The summed E-state index contributed by atoms with van der Waals surface area (Å²) in [5.74, 6) is -0.805. The van der Waals surface area contributed by atoms with Crippen LogP contribution in [-0.2, 0) is 0 Å². The number of alkyl halides is 2. The van der Waals surface area contributed by atoms with Crippen molar-refractivity contribution in [3.05, 3.63) is 76.8 Å². The zero-order valence-corrected chi connectivity index (χ0v) is 22.7. The Hall–Kier alpha value is -1.65. The molecule has 0 saturated heterocycles. The molecule has 1 heterocycles. The zero-order chi connectivity index (χ0) is 26.0. The van der Waals surface area contributed by atoms with Crippen LogP contribution in [0.4, 0.5) is 5.69 Å². The topological polar surface area (TPSA) is 90.5 Å². The first-order valence-corrected chi connectivity index (χ1v) is 12.2. The van der Waals surface area contributed by atoms with E-state index in [0.29, 0.717) is 5.02 Å². The number of ether oxygens (including phenoxy) is 1. The SMILES string of the molecule is CN(CCOc1nn(-c2c(Cl)cc(Cl)cc2Cl)c(C(Cl)Cl)c1[N+](=O)[O-])C(=O)c1ccc(Cl)cc1Cl. The Morgan fingerprint density at radius 3 is 2.23 bits per heavy atom. The molecule has 15 heteroatoms. The Morgan fingerprint density at radius 2 is 1.69 bits per heavy atom. The molecule has 0 unspecified atom stereocenters. The minimum Gasteiger partial charge on any atom is -0.470 e. The number of rotatable bonds is 8. The fourth-order valence-electron chi connectivity index (χ4n) is 3.02. The molecule has 2 aromatic carbocycles. The van der Waals surface area contributed by atoms with Crippen molar-refractivity contribution in [1.29, 1.82) is 0 Å². The molecule has 0 bridgehead atoms. The Bertz CT molecular complexity index is 1280. The molecule has 1 amide bonds. The largest absolute Gasteiger partial charge is 0.470 e. The van der Waals surface area contributed by atoms with E-state index in [-0.39, 0.29) is 50.2 Å². The van der Waals surface area contributed by atoms with E-state index in [4.69, 9.17) is 85.9 Å². The first-order chi connectivity index (χ1) is 16.4. The number of carbonyl (C=O) groups excluding carboxylic acids is 1. The van der Waals surface area contributed by atoms with Crippen LogP contribution in [0.25, 0.3) is 5.69 Å². The summed E-state index contributed by atoms with van der Waals surface area (Å²) in [5.41, 5.74) is -0.509. The lowest BCUT2D eigenvalue weighted by Gasteiger charge is -2.17.